The van der Waals surface area contributed by atoms with Gasteiger partial charge in [0.1, 0.15) is 11.3 Å². The molecule has 116 valence electrons. The highest BCUT2D eigenvalue weighted by molar-refractivity contribution is 9.10. The number of nitrogens with one attached hydrogen (secondary N) is 1. The van der Waals surface area contributed by atoms with Crippen molar-refractivity contribution in [2.75, 3.05) is 0 Å². The Morgan fingerprint density at radius 3 is 2.09 bits per heavy atom. The molecule has 22 heavy (non-hydrogen) atoms. The molecule has 0 spiro atoms. The molecule has 0 aliphatic carbocycles. The fourth-order valence-electron chi connectivity index (χ4n) is 1.06. The van der Waals surface area contributed by atoms with E-state index in [1.807, 2.05) is 0 Å². The molecule has 9 nitrogen and oxygen atoms in total. The molecule has 2 aromatic rings. The van der Waals surface area contributed by atoms with Crippen LogP contribution in [0.2, 0.25) is 5.15 Å². The van der Waals surface area contributed by atoms with Crippen molar-refractivity contribution in [2.45, 2.75) is 0 Å². The summed E-state index contributed by atoms with van der Waals surface area (Å²) in [5.74, 6) is 0. The normalized spacial score (nSPS) is 9.59. The minimum Gasteiger partial charge on any atom is -0.322 e. The SMILES string of the molecule is O=[N+]([O-])c1cnc(Cl)c(Br)c1.O=c1[nH]cc([N+](=O)[O-])cc1Br. The molecule has 1 N–H and O–H groups in total. The second-order valence-electron chi connectivity index (χ2n) is 3.52. The zero-order valence-corrected chi connectivity index (χ0v) is 14.3. The predicted octanol–water partition coefficient (Wildman–Crippen LogP) is 3.45. The summed E-state index contributed by atoms with van der Waals surface area (Å²) >= 11 is 11.4. The van der Waals surface area contributed by atoms with E-state index in [9.17, 15) is 25.0 Å². The molecule has 0 aliphatic heterocycles. The monoisotopic (exact) mass is 454 g/mol. The van der Waals surface area contributed by atoms with Gasteiger partial charge in [-0.3, -0.25) is 25.0 Å². The lowest BCUT2D eigenvalue weighted by Gasteiger charge is -1.92. The summed E-state index contributed by atoms with van der Waals surface area (Å²) in [5.41, 5.74) is -0.603. The smallest absolute Gasteiger partial charge is 0.288 e. The minimum atomic E-state index is -0.583. The van der Waals surface area contributed by atoms with Crippen molar-refractivity contribution in [1.29, 1.82) is 0 Å². The van der Waals surface area contributed by atoms with Gasteiger partial charge in [-0.2, -0.15) is 0 Å². The molecule has 0 amide bonds. The number of hydrogen-bond donors (Lipinski definition) is 1. The topological polar surface area (TPSA) is 132 Å². The number of halogens is 3. The molecule has 0 unspecified atom stereocenters. The molecule has 0 aliphatic rings. The van der Waals surface area contributed by atoms with Gasteiger partial charge in [-0.05, 0) is 31.9 Å². The minimum absolute atomic E-state index is 0.0822. The average molecular weight is 456 g/mol. The first kappa shape index (κ1) is 18.2. The van der Waals surface area contributed by atoms with Crippen LogP contribution in [0.15, 0.2) is 38.3 Å². The maximum Gasteiger partial charge on any atom is 0.288 e. The first-order chi connectivity index (χ1) is 10.2. The number of nitro groups is 2. The van der Waals surface area contributed by atoms with E-state index in [0.717, 1.165) is 18.5 Å². The molecule has 2 aromatic heterocycles. The summed E-state index contributed by atoms with van der Waals surface area (Å²) in [5, 5.41) is 20.5. The highest BCUT2D eigenvalue weighted by Gasteiger charge is 2.08. The van der Waals surface area contributed by atoms with Crippen LogP contribution in [0.5, 0.6) is 0 Å². The summed E-state index contributed by atoms with van der Waals surface area (Å²) in [7, 11) is 0. The standard InChI is InChI=1S/C5H2BrClN2O2.C5H3BrN2O3/c6-4-1-3(9(10)11)2-8-5(4)7;6-4-1-3(8(10)11)2-7-5(4)9/h1-2H;1-2H,(H,7,9). The van der Waals surface area contributed by atoms with E-state index in [1.165, 1.54) is 6.07 Å². The summed E-state index contributed by atoms with van der Waals surface area (Å²) in [4.78, 5) is 35.6. The van der Waals surface area contributed by atoms with E-state index in [4.69, 9.17) is 11.6 Å². The van der Waals surface area contributed by atoms with Gasteiger partial charge in [0, 0.05) is 12.1 Å². The van der Waals surface area contributed by atoms with Crippen LogP contribution in [-0.4, -0.2) is 19.8 Å². The Hall–Kier alpha value is -1.85. The summed E-state index contributed by atoms with van der Waals surface area (Å²) in [6.07, 6.45) is 2.15. The molecule has 0 fully saturated rings. The van der Waals surface area contributed by atoms with Crippen molar-refractivity contribution in [1.82, 2.24) is 9.97 Å². The molecule has 0 aromatic carbocycles. The van der Waals surface area contributed by atoms with Crippen LogP contribution in [0.4, 0.5) is 11.4 Å². The molecule has 2 rings (SSSR count). The van der Waals surface area contributed by atoms with Crippen LogP contribution in [0, 0.1) is 20.2 Å². The molecule has 2 heterocycles. The molecular weight excluding hydrogens is 451 g/mol. The van der Waals surface area contributed by atoms with E-state index in [-0.39, 0.29) is 26.6 Å². The van der Waals surface area contributed by atoms with Crippen molar-refractivity contribution >= 4 is 54.8 Å². The molecule has 12 heteroatoms. The highest BCUT2D eigenvalue weighted by Crippen LogP contribution is 2.23. The van der Waals surface area contributed by atoms with Gasteiger partial charge < -0.3 is 4.98 Å². The highest BCUT2D eigenvalue weighted by atomic mass is 79.9. The first-order valence-corrected chi connectivity index (χ1v) is 7.17. The number of nitrogens with zero attached hydrogens (tertiary/aromatic N) is 3. The molecule has 0 bridgehead atoms. The average Bonchev–Trinajstić information content (AvgIpc) is 2.45. The van der Waals surface area contributed by atoms with Gasteiger partial charge >= 0.3 is 0 Å². The van der Waals surface area contributed by atoms with E-state index < -0.39 is 9.85 Å². The molecule has 0 saturated heterocycles. The maximum absolute atomic E-state index is 10.7. The van der Waals surface area contributed by atoms with Crippen LogP contribution in [0.1, 0.15) is 0 Å². The van der Waals surface area contributed by atoms with Crippen molar-refractivity contribution in [2.24, 2.45) is 0 Å². The molecule has 0 radical (unpaired) electrons. The van der Waals surface area contributed by atoms with Gasteiger partial charge in [0.2, 0.25) is 0 Å². The van der Waals surface area contributed by atoms with Gasteiger partial charge in [-0.1, -0.05) is 11.6 Å². The number of pyridine rings is 2. The Bertz CT molecular complexity index is 782. The van der Waals surface area contributed by atoms with Gasteiger partial charge in [0.05, 0.1) is 25.0 Å². The molecular formula is C10H5Br2ClN4O5. The second kappa shape index (κ2) is 7.96. The summed E-state index contributed by atoms with van der Waals surface area (Å²) in [6, 6.07) is 2.45. The second-order valence-corrected chi connectivity index (χ2v) is 5.58. The Kier molecular flexibility index (Phi) is 6.59. The van der Waals surface area contributed by atoms with E-state index >= 15 is 0 Å². The third kappa shape index (κ3) is 5.16. The Morgan fingerprint density at radius 1 is 1.09 bits per heavy atom. The number of H-pyrrole nitrogens is 1. The van der Waals surface area contributed by atoms with Crippen molar-refractivity contribution in [3.63, 3.8) is 0 Å². The quantitative estimate of drug-likeness (QED) is 0.418. The van der Waals surface area contributed by atoms with Gasteiger partial charge in [0.15, 0.2) is 0 Å². The predicted molar refractivity (Wildman–Crippen MR) is 85.0 cm³/mol. The number of aromatic amines is 1. The van der Waals surface area contributed by atoms with Crippen LogP contribution < -0.4 is 5.56 Å². The van der Waals surface area contributed by atoms with E-state index in [0.29, 0.717) is 4.47 Å². The lowest BCUT2D eigenvalue weighted by molar-refractivity contribution is -0.385. The van der Waals surface area contributed by atoms with Crippen LogP contribution >= 0.6 is 43.5 Å². The Labute approximate surface area is 143 Å². The Balaban J connectivity index is 0.000000220. The van der Waals surface area contributed by atoms with Crippen LogP contribution in [0.25, 0.3) is 0 Å². The lowest BCUT2D eigenvalue weighted by Crippen LogP contribution is -2.05. The van der Waals surface area contributed by atoms with Crippen molar-refractivity contribution < 1.29 is 9.85 Å². The van der Waals surface area contributed by atoms with Crippen LogP contribution in [-0.2, 0) is 0 Å². The molecule has 0 atom stereocenters. The summed E-state index contributed by atoms with van der Waals surface area (Å²) < 4.78 is 0.583. The van der Waals surface area contributed by atoms with Crippen molar-refractivity contribution in [3.8, 4) is 0 Å². The first-order valence-electron chi connectivity index (χ1n) is 5.20. The molecule has 0 saturated carbocycles. The van der Waals surface area contributed by atoms with E-state index in [2.05, 4.69) is 41.8 Å². The fraction of sp³-hybridized carbons (Fsp3) is 0. The maximum atomic E-state index is 10.7. The zero-order valence-electron chi connectivity index (χ0n) is 10.3. The van der Waals surface area contributed by atoms with Gasteiger partial charge in [0.25, 0.3) is 16.9 Å². The third-order valence-electron chi connectivity index (χ3n) is 2.05. The van der Waals surface area contributed by atoms with Crippen LogP contribution in [0.3, 0.4) is 0 Å². The zero-order chi connectivity index (χ0) is 16.9. The summed E-state index contributed by atoms with van der Waals surface area (Å²) in [6.45, 7) is 0. The van der Waals surface area contributed by atoms with Gasteiger partial charge in [-0.15, -0.1) is 0 Å². The van der Waals surface area contributed by atoms with E-state index in [1.54, 1.807) is 0 Å². The largest absolute Gasteiger partial charge is 0.322 e. The number of aromatic nitrogens is 2. The van der Waals surface area contributed by atoms with Gasteiger partial charge in [-0.25, -0.2) is 4.98 Å². The third-order valence-corrected chi connectivity index (χ3v) is 3.77. The van der Waals surface area contributed by atoms with Crippen molar-refractivity contribution in [3.05, 3.63) is 69.2 Å². The fourth-order valence-corrected chi connectivity index (χ4v) is 1.85. The lowest BCUT2D eigenvalue weighted by atomic mass is 10.4. The number of hydrogen-bond acceptors (Lipinski definition) is 6. The number of rotatable bonds is 2. The Morgan fingerprint density at radius 2 is 1.64 bits per heavy atom.